The fraction of sp³-hybridized carbons (Fsp3) is 0.200. The summed E-state index contributed by atoms with van der Waals surface area (Å²) in [6.45, 7) is 14.0. The molecule has 84 valence electrons. The Hall–Kier alpha value is -1.22. The van der Waals surface area contributed by atoms with Crippen molar-refractivity contribution >= 4 is 13.6 Å². The second-order valence-electron chi connectivity index (χ2n) is 2.10. The molecule has 5 heteroatoms. The second kappa shape index (κ2) is 29.3. The molecule has 0 spiro atoms. The fourth-order valence-corrected chi connectivity index (χ4v) is 0.253. The average molecular weight is 295 g/mol. The van der Waals surface area contributed by atoms with Crippen LogP contribution in [0.2, 0.25) is 0 Å². The van der Waals surface area contributed by atoms with Crippen molar-refractivity contribution in [2.45, 2.75) is 13.8 Å². The largest absolute Gasteiger partial charge is 2.00 e. The summed E-state index contributed by atoms with van der Waals surface area (Å²) in [6, 6.07) is 0. The van der Waals surface area contributed by atoms with Crippen LogP contribution in [-0.4, -0.2) is 23.5 Å². The minimum atomic E-state index is 0. The van der Waals surface area contributed by atoms with Gasteiger partial charge in [0.15, 0.2) is 0 Å². The maximum absolute atomic E-state index is 7.75. The SMILES string of the molecule is C=C(C)C.[CH-]=O.[CH-]=O.[Ru+2].c1cnccn1. The number of hydrogen-bond donors (Lipinski definition) is 0. The third-order valence-electron chi connectivity index (χ3n) is 0.478. The molecule has 1 heterocycles. The molecule has 0 unspecified atom stereocenters. The fourth-order valence-electron chi connectivity index (χ4n) is 0.253. The zero-order valence-corrected chi connectivity index (χ0v) is 10.5. The van der Waals surface area contributed by atoms with E-state index in [0.717, 1.165) is 0 Å². The van der Waals surface area contributed by atoms with Crippen LogP contribution < -0.4 is 0 Å². The maximum atomic E-state index is 7.75. The third-order valence-corrected chi connectivity index (χ3v) is 0.478. The number of carbonyl (C=O) groups excluding carboxylic acids is 2. The van der Waals surface area contributed by atoms with Crippen LogP contribution in [0.3, 0.4) is 0 Å². The summed E-state index contributed by atoms with van der Waals surface area (Å²) in [6.07, 6.45) is 6.56. The maximum Gasteiger partial charge on any atom is 2.00 e. The Balaban J connectivity index is -0.0000000601. The van der Waals surface area contributed by atoms with Crippen LogP contribution in [0.15, 0.2) is 36.9 Å². The molecule has 1 rings (SSSR count). The molecule has 0 aliphatic carbocycles. The van der Waals surface area contributed by atoms with Gasteiger partial charge in [0.25, 0.3) is 0 Å². The van der Waals surface area contributed by atoms with E-state index in [2.05, 4.69) is 30.1 Å². The Bertz CT molecular complexity index is 175. The van der Waals surface area contributed by atoms with Gasteiger partial charge in [0.2, 0.25) is 0 Å². The van der Waals surface area contributed by atoms with Crippen LogP contribution in [-0.2, 0) is 29.1 Å². The van der Waals surface area contributed by atoms with Crippen molar-refractivity contribution in [1.29, 1.82) is 0 Å². The van der Waals surface area contributed by atoms with Crippen LogP contribution in [0.1, 0.15) is 13.8 Å². The van der Waals surface area contributed by atoms with Gasteiger partial charge in [0, 0.05) is 24.8 Å². The Morgan fingerprint density at radius 2 is 1.07 bits per heavy atom. The van der Waals surface area contributed by atoms with E-state index < -0.39 is 0 Å². The zero-order valence-electron chi connectivity index (χ0n) is 8.74. The van der Waals surface area contributed by atoms with Crippen LogP contribution in [0.4, 0.5) is 0 Å². The molecule has 0 N–H and O–H groups in total. The Kier molecular flexibility index (Phi) is 46.0. The molecule has 0 saturated heterocycles. The van der Waals surface area contributed by atoms with E-state index in [0.29, 0.717) is 0 Å². The molecule has 1 aromatic rings. The van der Waals surface area contributed by atoms with Crippen LogP contribution in [0, 0.1) is 0 Å². The Labute approximate surface area is 104 Å². The van der Waals surface area contributed by atoms with Crippen LogP contribution in [0.25, 0.3) is 0 Å². The van der Waals surface area contributed by atoms with Gasteiger partial charge in [-0.15, -0.1) is 6.58 Å². The number of aromatic nitrogens is 2. The number of rotatable bonds is 0. The van der Waals surface area contributed by atoms with Crippen molar-refractivity contribution in [2.24, 2.45) is 0 Å². The summed E-state index contributed by atoms with van der Waals surface area (Å²) >= 11 is 0. The first-order valence-electron chi connectivity index (χ1n) is 3.52. The first-order chi connectivity index (χ1) is 6.73. The third kappa shape index (κ3) is 65.0. The minimum Gasteiger partial charge on any atom is -0.545 e. The molecular weight excluding hydrogens is 281 g/mol. The van der Waals surface area contributed by atoms with E-state index in [4.69, 9.17) is 9.59 Å². The van der Waals surface area contributed by atoms with E-state index in [-0.39, 0.29) is 19.5 Å². The van der Waals surface area contributed by atoms with Crippen molar-refractivity contribution < 1.29 is 29.1 Å². The van der Waals surface area contributed by atoms with Gasteiger partial charge in [-0.1, -0.05) is 5.57 Å². The van der Waals surface area contributed by atoms with Crippen LogP contribution in [0.5, 0.6) is 0 Å². The Morgan fingerprint density at radius 1 is 0.933 bits per heavy atom. The van der Waals surface area contributed by atoms with Gasteiger partial charge in [-0.2, -0.15) is 0 Å². The molecule has 15 heavy (non-hydrogen) atoms. The molecule has 0 radical (unpaired) electrons. The van der Waals surface area contributed by atoms with Crippen molar-refractivity contribution in [3.05, 3.63) is 36.9 Å². The molecule has 1 aromatic heterocycles. The van der Waals surface area contributed by atoms with E-state index in [1.807, 2.05) is 13.8 Å². The molecular formula is C10H14N2O2Ru. The summed E-state index contributed by atoms with van der Waals surface area (Å²) in [5.41, 5.74) is 1.17. The smallest absolute Gasteiger partial charge is 0.545 e. The summed E-state index contributed by atoms with van der Waals surface area (Å²) in [7, 11) is 0. The first-order valence-corrected chi connectivity index (χ1v) is 3.52. The number of nitrogens with zero attached hydrogens (tertiary/aromatic N) is 2. The summed E-state index contributed by atoms with van der Waals surface area (Å²) in [5, 5.41) is 0. The average Bonchev–Trinajstić information content (AvgIpc) is 2.25. The number of hydrogen-bond acceptors (Lipinski definition) is 4. The minimum absolute atomic E-state index is 0. The summed E-state index contributed by atoms with van der Waals surface area (Å²) in [4.78, 5) is 22.9. The van der Waals surface area contributed by atoms with Gasteiger partial charge in [0.05, 0.1) is 0 Å². The van der Waals surface area contributed by atoms with Crippen molar-refractivity contribution in [1.82, 2.24) is 9.97 Å². The van der Waals surface area contributed by atoms with Gasteiger partial charge < -0.3 is 9.59 Å². The van der Waals surface area contributed by atoms with Crippen molar-refractivity contribution in [3.8, 4) is 0 Å². The van der Waals surface area contributed by atoms with Crippen molar-refractivity contribution in [2.75, 3.05) is 0 Å². The second-order valence-corrected chi connectivity index (χ2v) is 2.10. The molecule has 0 saturated carbocycles. The molecule has 4 nitrogen and oxygen atoms in total. The first kappa shape index (κ1) is 23.5. The normalized spacial score (nSPS) is 5.47. The standard InChI is InChI=1S/C4H4N2.C4H8.2CHO.Ru/c1-2-6-4-3-5-1;1-4(2)3;2*1-2;/h1-4H;1H2,2-3H3;2*1H;/q;;2*-1;+2. The van der Waals surface area contributed by atoms with Gasteiger partial charge in [0.1, 0.15) is 0 Å². The van der Waals surface area contributed by atoms with E-state index in [1.165, 1.54) is 5.57 Å². The molecule has 0 aromatic carbocycles. The van der Waals surface area contributed by atoms with Gasteiger partial charge in [-0.25, -0.2) is 0 Å². The monoisotopic (exact) mass is 296 g/mol. The van der Waals surface area contributed by atoms with Gasteiger partial charge in [-0.3, -0.25) is 23.5 Å². The van der Waals surface area contributed by atoms with E-state index in [1.54, 1.807) is 24.8 Å². The van der Waals surface area contributed by atoms with Crippen molar-refractivity contribution in [3.63, 3.8) is 0 Å². The topological polar surface area (TPSA) is 59.9 Å². The van der Waals surface area contributed by atoms with E-state index in [9.17, 15) is 0 Å². The molecule has 0 aliphatic heterocycles. The van der Waals surface area contributed by atoms with Crippen LogP contribution >= 0.6 is 0 Å². The molecule has 0 amide bonds. The van der Waals surface area contributed by atoms with Gasteiger partial charge >= 0.3 is 19.5 Å². The predicted octanol–water partition coefficient (Wildman–Crippen LogP) is 1.51. The molecule has 0 bridgehead atoms. The zero-order chi connectivity index (χ0) is 11.8. The summed E-state index contributed by atoms with van der Waals surface area (Å²) in [5.74, 6) is 0. The molecule has 0 aliphatic rings. The Morgan fingerprint density at radius 3 is 1.13 bits per heavy atom. The quantitative estimate of drug-likeness (QED) is 0.315. The van der Waals surface area contributed by atoms with Gasteiger partial charge in [-0.05, 0) is 13.8 Å². The predicted molar refractivity (Wildman–Crippen MR) is 56.0 cm³/mol. The number of allylic oxidation sites excluding steroid dienone is 1. The molecule has 0 fully saturated rings. The summed E-state index contributed by atoms with van der Waals surface area (Å²) < 4.78 is 0. The molecule has 0 atom stereocenters. The van der Waals surface area contributed by atoms with E-state index >= 15 is 0 Å².